The van der Waals surface area contributed by atoms with Gasteiger partial charge >= 0.3 is 15.5 Å². The fourth-order valence-electron chi connectivity index (χ4n) is 0.879. The minimum Gasteiger partial charge on any atom is -0.858 e. The summed E-state index contributed by atoms with van der Waals surface area (Å²) in [5, 5.41) is 11.2. The van der Waals surface area contributed by atoms with Gasteiger partial charge in [-0.05, 0) is 22.0 Å². The molecule has 1 aromatic rings. The zero-order chi connectivity index (χ0) is 14.1. The molecule has 0 radical (unpaired) electrons. The fraction of sp³-hybridized carbons (Fsp3) is 0.125. The maximum absolute atomic E-state index is 13.3. The van der Waals surface area contributed by atoms with E-state index in [1.165, 1.54) is 6.07 Å². The van der Waals surface area contributed by atoms with Crippen LogP contribution in [0.4, 0.5) is 17.6 Å². The van der Waals surface area contributed by atoms with Crippen molar-refractivity contribution < 1.29 is 31.1 Å². The number of benzene rings is 1. The maximum Gasteiger partial charge on any atom is 0.518 e. The molecule has 0 amide bonds. The molecule has 0 bridgehead atoms. The van der Waals surface area contributed by atoms with Crippen molar-refractivity contribution in [1.29, 1.82) is 0 Å². The van der Waals surface area contributed by atoms with E-state index in [1.807, 2.05) is 4.40 Å². The Morgan fingerprint density at radius 1 is 1.33 bits per heavy atom. The molecule has 0 aromatic heterocycles. The smallest absolute Gasteiger partial charge is 0.518 e. The molecule has 0 aliphatic heterocycles. The molecule has 0 aliphatic rings. The van der Waals surface area contributed by atoms with Crippen LogP contribution in [0.3, 0.4) is 0 Å². The van der Waals surface area contributed by atoms with Crippen LogP contribution >= 0.6 is 15.9 Å². The van der Waals surface area contributed by atoms with Crippen molar-refractivity contribution in [2.75, 3.05) is 0 Å². The largest absolute Gasteiger partial charge is 0.858 e. The Kier molecular flexibility index (Phi) is 4.01. The minimum absolute atomic E-state index is 0.201. The zero-order valence-electron chi connectivity index (χ0n) is 8.20. The van der Waals surface area contributed by atoms with E-state index in [4.69, 9.17) is 0 Å². The van der Waals surface area contributed by atoms with Crippen molar-refractivity contribution in [3.05, 3.63) is 34.1 Å². The monoisotopic (exact) mass is 348 g/mol. The van der Waals surface area contributed by atoms with Gasteiger partial charge in [0.25, 0.3) is 0 Å². The number of rotatable bonds is 2. The van der Waals surface area contributed by atoms with Gasteiger partial charge < -0.3 is 5.11 Å². The second-order valence-corrected chi connectivity index (χ2v) is 5.37. The van der Waals surface area contributed by atoms with Crippen LogP contribution in [0, 0.1) is 5.82 Å². The first-order chi connectivity index (χ1) is 8.06. The molecular weight excluding hydrogens is 346 g/mol. The Morgan fingerprint density at radius 3 is 2.39 bits per heavy atom. The van der Waals surface area contributed by atoms with Gasteiger partial charge in [0.1, 0.15) is 5.82 Å². The fourth-order valence-corrected chi connectivity index (χ4v) is 1.67. The first-order valence-electron chi connectivity index (χ1n) is 4.09. The summed E-state index contributed by atoms with van der Waals surface area (Å²) in [6, 6.07) is 3.15. The summed E-state index contributed by atoms with van der Waals surface area (Å²) >= 11 is 2.69. The van der Waals surface area contributed by atoms with E-state index in [0.717, 1.165) is 12.1 Å². The lowest BCUT2D eigenvalue weighted by Crippen LogP contribution is -2.27. The van der Waals surface area contributed by atoms with E-state index in [0.29, 0.717) is 0 Å². The van der Waals surface area contributed by atoms with E-state index in [9.17, 15) is 31.1 Å². The van der Waals surface area contributed by atoms with Gasteiger partial charge in [-0.25, -0.2) is 4.39 Å². The summed E-state index contributed by atoms with van der Waals surface area (Å²) in [6.07, 6.45) is 0. The van der Waals surface area contributed by atoms with Crippen molar-refractivity contribution in [1.82, 2.24) is 0 Å². The topological polar surface area (TPSA) is 69.6 Å². The molecule has 0 saturated heterocycles. The predicted molar refractivity (Wildman–Crippen MR) is 55.6 cm³/mol. The van der Waals surface area contributed by atoms with Crippen LogP contribution in [0.2, 0.25) is 0 Å². The average molecular weight is 349 g/mol. The Morgan fingerprint density at radius 2 is 1.89 bits per heavy atom. The Hall–Kier alpha value is -1.16. The van der Waals surface area contributed by atoms with Crippen LogP contribution in [0.15, 0.2) is 27.1 Å². The Bertz CT molecular complexity index is 597. The molecule has 1 rings (SSSR count). The molecule has 4 nitrogen and oxygen atoms in total. The molecule has 0 saturated carbocycles. The van der Waals surface area contributed by atoms with Crippen molar-refractivity contribution in [2.45, 2.75) is 5.51 Å². The molecule has 0 aliphatic carbocycles. The van der Waals surface area contributed by atoms with Gasteiger partial charge in [0.05, 0.1) is 4.47 Å². The van der Waals surface area contributed by atoms with Crippen LogP contribution in [0.1, 0.15) is 5.56 Å². The normalized spacial score (nSPS) is 13.7. The highest BCUT2D eigenvalue weighted by Crippen LogP contribution is 2.25. The number of hydrogen-bond acceptors (Lipinski definition) is 3. The first kappa shape index (κ1) is 14.9. The minimum atomic E-state index is -5.98. The van der Waals surface area contributed by atoms with Crippen molar-refractivity contribution in [3.8, 4) is 0 Å². The van der Waals surface area contributed by atoms with Crippen molar-refractivity contribution in [3.63, 3.8) is 0 Å². The molecule has 18 heavy (non-hydrogen) atoms. The third kappa shape index (κ3) is 2.99. The lowest BCUT2D eigenvalue weighted by Gasteiger charge is -2.13. The van der Waals surface area contributed by atoms with E-state index in [2.05, 4.69) is 15.9 Å². The number of halogens is 5. The predicted octanol–water partition coefficient (Wildman–Crippen LogP) is 1.54. The van der Waals surface area contributed by atoms with Gasteiger partial charge in [-0.3, -0.25) is 0 Å². The summed E-state index contributed by atoms with van der Waals surface area (Å²) < 4.78 is 72.1. The summed E-state index contributed by atoms with van der Waals surface area (Å²) in [4.78, 5) is 0. The maximum atomic E-state index is 13.3. The van der Waals surface area contributed by atoms with Crippen molar-refractivity contribution in [2.24, 2.45) is 4.40 Å². The number of alkyl halides is 3. The van der Waals surface area contributed by atoms with Gasteiger partial charge in [-0.15, -0.1) is 0 Å². The standard InChI is InChI=1S/C8H4BrF4NO3S/c9-5-3-1-2-4(6(5)10)7(15)14-18(16,17)8(11,12)13/h1-3H,(H,14,15)/p-1. The SMILES string of the molecule is O=S(=O)(/N=C(\[O-])c1cccc(Br)c1F)C(F)(F)F. The molecule has 0 N–H and O–H groups in total. The first-order valence-corrected chi connectivity index (χ1v) is 6.32. The molecule has 1 aromatic carbocycles. The summed E-state index contributed by atoms with van der Waals surface area (Å²) in [6.45, 7) is 0. The number of hydrogen-bond donors (Lipinski definition) is 0. The second-order valence-electron chi connectivity index (χ2n) is 2.92. The van der Waals surface area contributed by atoms with E-state index in [1.54, 1.807) is 0 Å². The van der Waals surface area contributed by atoms with Crippen molar-refractivity contribution >= 4 is 31.9 Å². The summed E-state index contributed by atoms with van der Waals surface area (Å²) in [5.74, 6) is -3.02. The molecule has 0 heterocycles. The van der Waals surface area contributed by atoms with Gasteiger partial charge in [0.2, 0.25) is 0 Å². The highest BCUT2D eigenvalue weighted by Gasteiger charge is 2.45. The highest BCUT2D eigenvalue weighted by atomic mass is 79.9. The van der Waals surface area contributed by atoms with Crippen LogP contribution in [-0.4, -0.2) is 19.8 Å². The molecule has 10 heteroatoms. The van der Waals surface area contributed by atoms with Gasteiger partial charge in [0, 0.05) is 11.5 Å². The van der Waals surface area contributed by atoms with Crippen LogP contribution < -0.4 is 5.11 Å². The number of sulfonamides is 1. The average Bonchev–Trinajstić information content (AvgIpc) is 2.19. The molecule has 0 unspecified atom stereocenters. The molecular formula is C8H3BrF4NO3S-. The van der Waals surface area contributed by atoms with Crippen LogP contribution in [0.5, 0.6) is 0 Å². The quantitative estimate of drug-likeness (QED) is 0.462. The van der Waals surface area contributed by atoms with E-state index < -0.39 is 32.8 Å². The van der Waals surface area contributed by atoms with Gasteiger partial charge in [-0.1, -0.05) is 12.1 Å². The van der Waals surface area contributed by atoms with E-state index >= 15 is 0 Å². The second kappa shape index (κ2) is 4.84. The van der Waals surface area contributed by atoms with Crippen LogP contribution in [-0.2, 0) is 10.0 Å². The Labute approximate surface area is 107 Å². The van der Waals surface area contributed by atoms with Gasteiger partial charge in [0.15, 0.2) is 0 Å². The van der Waals surface area contributed by atoms with Crippen LogP contribution in [0.25, 0.3) is 0 Å². The van der Waals surface area contributed by atoms with Gasteiger partial charge in [-0.2, -0.15) is 26.0 Å². The van der Waals surface area contributed by atoms with E-state index in [-0.39, 0.29) is 4.47 Å². The Balaban J connectivity index is 3.32. The third-order valence-corrected chi connectivity index (χ3v) is 3.28. The molecule has 0 spiro atoms. The molecule has 0 fully saturated rings. The highest BCUT2D eigenvalue weighted by molar-refractivity contribution is 9.10. The molecule has 100 valence electrons. The number of nitrogens with zero attached hydrogens (tertiary/aromatic N) is 1. The summed E-state index contributed by atoms with van der Waals surface area (Å²) in [5.41, 5.74) is -6.58. The third-order valence-electron chi connectivity index (χ3n) is 1.68. The lowest BCUT2D eigenvalue weighted by molar-refractivity contribution is -0.212. The summed E-state index contributed by atoms with van der Waals surface area (Å²) in [7, 11) is -5.98. The molecule has 0 atom stereocenters. The lowest BCUT2D eigenvalue weighted by atomic mass is 10.2. The zero-order valence-corrected chi connectivity index (χ0v) is 10.6.